The highest BCUT2D eigenvalue weighted by Gasteiger charge is 2.53. The highest BCUT2D eigenvalue weighted by molar-refractivity contribution is 7.92. The SMILES string of the molecule is N#CC1(NC(=O)C2CC(S(=O)(=O)c3ccc(N4CCN(C5CC5)CC4)cc3Cl)CC2C(=O)N2CCC(F)(F)C2)CC1. The van der Waals surface area contributed by atoms with Gasteiger partial charge in [-0.25, -0.2) is 17.2 Å². The van der Waals surface area contributed by atoms with Crippen LogP contribution in [0.15, 0.2) is 23.1 Å². The first kappa shape index (κ1) is 28.6. The predicted molar refractivity (Wildman–Crippen MR) is 147 cm³/mol. The van der Waals surface area contributed by atoms with Crippen LogP contribution >= 0.6 is 11.6 Å². The van der Waals surface area contributed by atoms with E-state index < -0.39 is 63.2 Å². The fraction of sp³-hybridized carbons (Fsp3) is 0.679. The Morgan fingerprint density at radius 2 is 1.71 bits per heavy atom. The van der Waals surface area contributed by atoms with Gasteiger partial charge in [-0.15, -0.1) is 0 Å². The van der Waals surface area contributed by atoms with Gasteiger partial charge in [0.1, 0.15) is 5.54 Å². The average molecular weight is 610 g/mol. The zero-order chi connectivity index (χ0) is 29.2. The number of nitrogens with zero attached hydrogens (tertiary/aromatic N) is 4. The van der Waals surface area contributed by atoms with E-state index in [4.69, 9.17) is 11.6 Å². The molecule has 0 radical (unpaired) electrons. The highest BCUT2D eigenvalue weighted by Crippen LogP contribution is 2.44. The molecular formula is C28H34ClF2N5O4S. The van der Waals surface area contributed by atoms with Gasteiger partial charge >= 0.3 is 0 Å². The zero-order valence-corrected chi connectivity index (χ0v) is 24.3. The van der Waals surface area contributed by atoms with Crippen molar-refractivity contribution in [2.75, 3.05) is 44.2 Å². The number of sulfone groups is 1. The molecule has 0 bridgehead atoms. The monoisotopic (exact) mass is 609 g/mol. The Morgan fingerprint density at radius 1 is 1.02 bits per heavy atom. The summed E-state index contributed by atoms with van der Waals surface area (Å²) in [4.78, 5) is 32.3. The molecule has 2 heterocycles. The number of halogens is 3. The first-order valence-electron chi connectivity index (χ1n) is 14.3. The van der Waals surface area contributed by atoms with Crippen LogP contribution in [0, 0.1) is 23.2 Å². The van der Waals surface area contributed by atoms with Gasteiger partial charge < -0.3 is 15.1 Å². The first-order chi connectivity index (χ1) is 19.4. The van der Waals surface area contributed by atoms with E-state index in [1.54, 1.807) is 12.1 Å². The Morgan fingerprint density at radius 3 is 2.27 bits per heavy atom. The summed E-state index contributed by atoms with van der Waals surface area (Å²) in [6.07, 6.45) is 2.63. The van der Waals surface area contributed by atoms with Crippen LogP contribution in [0.2, 0.25) is 5.02 Å². The number of benzene rings is 1. The van der Waals surface area contributed by atoms with E-state index in [-0.39, 0.29) is 29.3 Å². The minimum atomic E-state index is -4.06. The molecule has 1 aromatic carbocycles. The average Bonchev–Trinajstić information content (AvgIpc) is 3.86. The van der Waals surface area contributed by atoms with Crippen LogP contribution in [-0.2, 0) is 19.4 Å². The second-order valence-corrected chi connectivity index (χ2v) is 14.9. The van der Waals surface area contributed by atoms with Crippen molar-refractivity contribution in [1.29, 1.82) is 5.26 Å². The standard InChI is InChI=1S/C28H34ClF2N5O4S/c29-23-13-19(35-11-9-34(10-12-35)18-1-2-18)3-4-24(23)41(39,40)20-14-21(25(37)33-27(16-32)5-6-27)22(15-20)26(38)36-8-7-28(30,31)17-36/h3-4,13,18,20-22H,1-2,5-12,14-15,17H2,(H,33,37). The molecule has 9 nitrogen and oxygen atoms in total. The summed E-state index contributed by atoms with van der Waals surface area (Å²) in [5, 5.41) is 11.1. The molecule has 5 fully saturated rings. The van der Waals surface area contributed by atoms with Crippen LogP contribution < -0.4 is 10.2 Å². The molecule has 5 aliphatic rings. The van der Waals surface area contributed by atoms with Crippen molar-refractivity contribution < 1.29 is 26.8 Å². The second-order valence-electron chi connectivity index (χ2n) is 12.3. The van der Waals surface area contributed by atoms with E-state index in [9.17, 15) is 32.0 Å². The normalized spacial score (nSPS) is 29.3. The van der Waals surface area contributed by atoms with Crippen LogP contribution in [0.25, 0.3) is 0 Å². The van der Waals surface area contributed by atoms with E-state index in [0.29, 0.717) is 18.9 Å². The number of nitrogens with one attached hydrogen (secondary N) is 1. The van der Waals surface area contributed by atoms with Gasteiger partial charge in [0, 0.05) is 50.9 Å². The minimum absolute atomic E-state index is 0.0693. The van der Waals surface area contributed by atoms with Crippen molar-refractivity contribution in [3.8, 4) is 6.07 Å². The molecule has 13 heteroatoms. The maximum absolute atomic E-state index is 13.9. The Hall–Kier alpha value is -2.49. The lowest BCUT2D eigenvalue weighted by Gasteiger charge is -2.36. The molecule has 2 amide bonds. The van der Waals surface area contributed by atoms with Crippen molar-refractivity contribution in [1.82, 2.24) is 15.1 Å². The van der Waals surface area contributed by atoms with Crippen molar-refractivity contribution in [3.63, 3.8) is 0 Å². The van der Waals surface area contributed by atoms with E-state index >= 15 is 0 Å². The van der Waals surface area contributed by atoms with Crippen LogP contribution in [0.4, 0.5) is 14.5 Å². The number of anilines is 1. The Labute approximate surface area is 243 Å². The molecule has 1 N–H and O–H groups in total. The largest absolute Gasteiger partial charge is 0.369 e. The number of hydrogen-bond acceptors (Lipinski definition) is 7. The Bertz CT molecular complexity index is 1390. The summed E-state index contributed by atoms with van der Waals surface area (Å²) in [5.41, 5.74) is -0.173. The molecule has 222 valence electrons. The smallest absolute Gasteiger partial charge is 0.267 e. The maximum Gasteiger partial charge on any atom is 0.267 e. The lowest BCUT2D eigenvalue weighted by molar-refractivity contribution is -0.141. The van der Waals surface area contributed by atoms with Gasteiger partial charge in [0.05, 0.1) is 39.6 Å². The van der Waals surface area contributed by atoms with E-state index in [0.717, 1.165) is 36.8 Å². The van der Waals surface area contributed by atoms with Gasteiger partial charge in [0.2, 0.25) is 11.8 Å². The zero-order valence-electron chi connectivity index (χ0n) is 22.7. The van der Waals surface area contributed by atoms with Crippen LogP contribution in [0.5, 0.6) is 0 Å². The van der Waals surface area contributed by atoms with Gasteiger partial charge in [-0.2, -0.15) is 5.26 Å². The Balaban J connectivity index is 1.21. The summed E-state index contributed by atoms with van der Waals surface area (Å²) in [7, 11) is -4.06. The fourth-order valence-corrected chi connectivity index (χ4v) is 8.93. The molecule has 3 aliphatic carbocycles. The number of alkyl halides is 2. The molecule has 3 saturated carbocycles. The molecule has 41 heavy (non-hydrogen) atoms. The molecule has 3 unspecified atom stereocenters. The number of nitriles is 1. The van der Waals surface area contributed by atoms with Gasteiger partial charge in [-0.3, -0.25) is 14.5 Å². The van der Waals surface area contributed by atoms with Crippen molar-refractivity contribution in [2.45, 2.75) is 72.6 Å². The molecule has 0 aromatic heterocycles. The molecule has 3 atom stereocenters. The van der Waals surface area contributed by atoms with Gasteiger partial charge in [-0.05, 0) is 56.7 Å². The summed E-state index contributed by atoms with van der Waals surface area (Å²) >= 11 is 6.56. The summed E-state index contributed by atoms with van der Waals surface area (Å²) in [5.74, 6) is -6.38. The maximum atomic E-state index is 13.9. The number of amides is 2. The molecule has 2 aliphatic heterocycles. The third kappa shape index (κ3) is 5.65. The van der Waals surface area contributed by atoms with Crippen molar-refractivity contribution in [3.05, 3.63) is 23.2 Å². The van der Waals surface area contributed by atoms with Gasteiger partial charge in [0.25, 0.3) is 5.92 Å². The van der Waals surface area contributed by atoms with Crippen molar-refractivity contribution >= 4 is 38.9 Å². The van der Waals surface area contributed by atoms with E-state index in [2.05, 4.69) is 21.2 Å². The van der Waals surface area contributed by atoms with Gasteiger partial charge in [0.15, 0.2) is 9.84 Å². The third-order valence-corrected chi connectivity index (χ3v) is 12.0. The highest BCUT2D eigenvalue weighted by atomic mass is 35.5. The lowest BCUT2D eigenvalue weighted by Crippen LogP contribution is -2.47. The fourth-order valence-electron chi connectivity index (χ4n) is 6.57. The third-order valence-electron chi connectivity index (χ3n) is 9.38. The van der Waals surface area contributed by atoms with E-state index in [1.807, 2.05) is 0 Å². The van der Waals surface area contributed by atoms with Crippen LogP contribution in [-0.4, -0.2) is 92.1 Å². The summed E-state index contributed by atoms with van der Waals surface area (Å²) in [6.45, 7) is 2.62. The number of carbonyl (C=O) groups is 2. The molecule has 0 spiro atoms. The van der Waals surface area contributed by atoms with Crippen LogP contribution in [0.1, 0.15) is 44.9 Å². The van der Waals surface area contributed by atoms with Gasteiger partial charge in [-0.1, -0.05) is 11.6 Å². The number of carbonyl (C=O) groups excluding carboxylic acids is 2. The quantitative estimate of drug-likeness (QED) is 0.506. The molecule has 1 aromatic rings. The number of likely N-dealkylation sites (tertiary alicyclic amines) is 1. The molecule has 2 saturated heterocycles. The summed E-state index contributed by atoms with van der Waals surface area (Å²) in [6, 6.07) is 7.64. The second kappa shape index (κ2) is 10.3. The van der Waals surface area contributed by atoms with Crippen molar-refractivity contribution in [2.24, 2.45) is 11.8 Å². The van der Waals surface area contributed by atoms with E-state index in [1.165, 1.54) is 18.9 Å². The Kier molecular flexibility index (Phi) is 7.22. The molecule has 6 rings (SSSR count). The topological polar surface area (TPSA) is 114 Å². The lowest BCUT2D eigenvalue weighted by atomic mass is 9.93. The predicted octanol–water partition coefficient (Wildman–Crippen LogP) is 2.83. The summed E-state index contributed by atoms with van der Waals surface area (Å²) < 4.78 is 55.5. The molecular weight excluding hydrogens is 576 g/mol. The number of rotatable bonds is 7. The van der Waals surface area contributed by atoms with Crippen LogP contribution in [0.3, 0.4) is 0 Å². The number of piperazine rings is 1. The first-order valence-corrected chi connectivity index (χ1v) is 16.3. The minimum Gasteiger partial charge on any atom is -0.369 e. The number of hydrogen-bond donors (Lipinski definition) is 1.